The van der Waals surface area contributed by atoms with Crippen molar-refractivity contribution >= 4 is 44.7 Å². The smallest absolute Gasteiger partial charge is 0.503 e. The molecule has 4 heterocycles. The molecule has 7 heteroatoms. The molecule has 224 valence electrons. The number of rotatable bonds is 2. The molecule has 2 aliphatic heterocycles. The molecular formula is C38H31BN2O2PtS. The van der Waals surface area contributed by atoms with Crippen molar-refractivity contribution in [3.05, 3.63) is 102 Å². The van der Waals surface area contributed by atoms with Crippen LogP contribution in [0.25, 0.3) is 32.0 Å². The molecule has 0 fully saturated rings. The first-order valence-corrected chi connectivity index (χ1v) is 15.8. The van der Waals surface area contributed by atoms with Gasteiger partial charge in [0.25, 0.3) is 0 Å². The number of pyridine rings is 1. The van der Waals surface area contributed by atoms with Gasteiger partial charge in [0, 0.05) is 32.9 Å². The Bertz CT molecular complexity index is 2080. The Morgan fingerprint density at radius 3 is 1.96 bits per heavy atom. The molecule has 45 heavy (non-hydrogen) atoms. The van der Waals surface area contributed by atoms with Crippen LogP contribution >= 0.6 is 11.3 Å². The second-order valence-corrected chi connectivity index (χ2v) is 14.8. The average molecular weight is 786 g/mol. The van der Waals surface area contributed by atoms with Crippen molar-refractivity contribution in [3.8, 4) is 44.8 Å². The van der Waals surface area contributed by atoms with E-state index in [-0.39, 0.29) is 38.6 Å². The molecule has 8 rings (SSSR count). The average Bonchev–Trinajstić information content (AvgIpc) is 3.44. The fourth-order valence-electron chi connectivity index (χ4n) is 6.06. The second-order valence-electron chi connectivity index (χ2n) is 13.7. The summed E-state index contributed by atoms with van der Waals surface area (Å²) in [6.45, 7) is 13.1. The Morgan fingerprint density at radius 2 is 1.31 bits per heavy atom. The number of ether oxygens (including phenoxy) is 2. The summed E-state index contributed by atoms with van der Waals surface area (Å²) in [6, 6.07) is 32.6. The molecule has 6 aromatic rings. The molecule has 0 bridgehead atoms. The molecule has 2 aliphatic rings. The molecule has 4 nitrogen and oxygen atoms in total. The topological polar surface area (TPSA) is 44.2 Å². The van der Waals surface area contributed by atoms with Crippen LogP contribution in [0.2, 0.25) is 0 Å². The first-order valence-electron chi connectivity index (χ1n) is 15.0. The summed E-state index contributed by atoms with van der Waals surface area (Å²) in [6.07, 6.45) is 1.89. The number of fused-ring (bicyclic) bond motifs is 5. The summed E-state index contributed by atoms with van der Waals surface area (Å²) in [4.78, 5) is 9.67. The van der Waals surface area contributed by atoms with Gasteiger partial charge in [0.1, 0.15) is 11.5 Å². The zero-order valence-electron chi connectivity index (χ0n) is 26.0. The van der Waals surface area contributed by atoms with Crippen molar-refractivity contribution in [1.29, 1.82) is 0 Å². The minimum absolute atomic E-state index is 0. The standard InChI is InChI=1S/C38H31BN2O2S.Pt/c1-37(2,3)24-15-16-40-29(19-24)22-11-13-30-26(17-22)39-27-18-23(36-41-28-9-7-8-10-34(28)44-36)12-14-31(27)43-33-21-25(38(4,5)6)20-32(42-30)35(33)39;/h7-16,19-21H,1-6H3;/q-2;+2. The van der Waals surface area contributed by atoms with Crippen LogP contribution in [-0.2, 0) is 31.9 Å². The van der Waals surface area contributed by atoms with Gasteiger partial charge in [0.05, 0.1) is 5.52 Å². The van der Waals surface area contributed by atoms with E-state index in [1.807, 2.05) is 12.3 Å². The Kier molecular flexibility index (Phi) is 7.11. The molecule has 0 aliphatic carbocycles. The number of aromatic nitrogens is 2. The summed E-state index contributed by atoms with van der Waals surface area (Å²) >= 11 is 1.68. The third kappa shape index (κ3) is 5.13. The zero-order valence-corrected chi connectivity index (χ0v) is 29.1. The maximum absolute atomic E-state index is 6.64. The maximum Gasteiger partial charge on any atom is 2.00 e. The molecule has 0 saturated heterocycles. The maximum atomic E-state index is 6.64. The van der Waals surface area contributed by atoms with Crippen molar-refractivity contribution in [2.75, 3.05) is 0 Å². The third-order valence-corrected chi connectivity index (χ3v) is 9.64. The van der Waals surface area contributed by atoms with Crippen molar-refractivity contribution in [2.45, 2.75) is 52.4 Å². The molecule has 0 amide bonds. The molecule has 4 aromatic carbocycles. The Morgan fingerprint density at radius 1 is 0.689 bits per heavy atom. The molecule has 0 N–H and O–H groups in total. The predicted molar refractivity (Wildman–Crippen MR) is 181 cm³/mol. The molecular weight excluding hydrogens is 754 g/mol. The van der Waals surface area contributed by atoms with E-state index in [0.717, 1.165) is 77.0 Å². The third-order valence-electron chi connectivity index (χ3n) is 8.57. The largest absolute Gasteiger partial charge is 2.00 e. The van der Waals surface area contributed by atoms with Crippen molar-refractivity contribution < 1.29 is 30.5 Å². The first-order chi connectivity index (χ1) is 21.0. The van der Waals surface area contributed by atoms with Crippen molar-refractivity contribution in [2.24, 2.45) is 0 Å². The Labute approximate surface area is 283 Å². The van der Waals surface area contributed by atoms with Crippen molar-refractivity contribution in [1.82, 2.24) is 9.97 Å². The number of para-hydroxylation sites is 1. The predicted octanol–water partition coefficient (Wildman–Crippen LogP) is 7.95. The van der Waals surface area contributed by atoms with Gasteiger partial charge in [0.2, 0.25) is 6.71 Å². The van der Waals surface area contributed by atoms with E-state index in [9.17, 15) is 0 Å². The number of nitrogens with zero attached hydrogens (tertiary/aromatic N) is 2. The Hall–Kier alpha value is -3.73. The molecule has 0 atom stereocenters. The van der Waals surface area contributed by atoms with Crippen LogP contribution in [0.1, 0.15) is 52.7 Å². The molecule has 2 aromatic heterocycles. The van der Waals surface area contributed by atoms with E-state index in [4.69, 9.17) is 19.4 Å². The minimum Gasteiger partial charge on any atom is -0.503 e. The number of benzene rings is 4. The van der Waals surface area contributed by atoms with Gasteiger partial charge in [-0.1, -0.05) is 59.7 Å². The number of hydrogen-bond acceptors (Lipinski definition) is 5. The molecule has 0 spiro atoms. The summed E-state index contributed by atoms with van der Waals surface area (Å²) in [5.41, 5.74) is 9.06. The summed E-state index contributed by atoms with van der Waals surface area (Å²) < 4.78 is 14.4. The summed E-state index contributed by atoms with van der Waals surface area (Å²) in [5, 5.41) is 0.941. The van der Waals surface area contributed by atoms with Crippen LogP contribution in [0.3, 0.4) is 0 Å². The fraction of sp³-hybridized carbons (Fsp3) is 0.211. The van der Waals surface area contributed by atoms with E-state index >= 15 is 0 Å². The van der Waals surface area contributed by atoms with Crippen LogP contribution in [0.4, 0.5) is 0 Å². The zero-order chi connectivity index (χ0) is 30.4. The van der Waals surface area contributed by atoms with E-state index < -0.39 is 0 Å². The van der Waals surface area contributed by atoms with Gasteiger partial charge in [-0.2, -0.15) is 11.3 Å². The van der Waals surface area contributed by atoms with Gasteiger partial charge in [-0.25, -0.2) is 0 Å². The van der Waals surface area contributed by atoms with Crippen LogP contribution in [0.5, 0.6) is 23.0 Å². The van der Waals surface area contributed by atoms with Gasteiger partial charge in [0.15, 0.2) is 0 Å². The van der Waals surface area contributed by atoms with E-state index in [1.165, 1.54) is 5.56 Å². The SMILES string of the molecule is CC(C)(C)c1ccnc(-c2[c-]c3c(cc2)Oc2cc(C(C)(C)C)cc4c2B3c2[c-]c(-c3nc5ccccc5s3)ccc2O4)c1.[Pt+2]. The first kappa shape index (κ1) is 30.0. The summed E-state index contributed by atoms with van der Waals surface area (Å²) in [7, 11) is 0. The fourth-order valence-corrected chi connectivity index (χ4v) is 7.01. The van der Waals surface area contributed by atoms with E-state index in [1.54, 1.807) is 11.3 Å². The minimum atomic E-state index is -0.165. The van der Waals surface area contributed by atoms with Gasteiger partial charge in [-0.3, -0.25) is 4.98 Å². The second kappa shape index (κ2) is 10.7. The van der Waals surface area contributed by atoms with Crippen LogP contribution in [0, 0.1) is 12.1 Å². The number of hydrogen-bond donors (Lipinski definition) is 0. The van der Waals surface area contributed by atoms with E-state index in [0.29, 0.717) is 0 Å². The monoisotopic (exact) mass is 785 g/mol. The van der Waals surface area contributed by atoms with Gasteiger partial charge in [-0.15, -0.1) is 58.5 Å². The normalized spacial score (nSPS) is 13.2. The van der Waals surface area contributed by atoms with Crippen LogP contribution in [0.15, 0.2) is 79.0 Å². The van der Waals surface area contributed by atoms with E-state index in [2.05, 4.69) is 120 Å². The summed E-state index contributed by atoms with van der Waals surface area (Å²) in [5.74, 6) is 3.23. The molecule has 0 radical (unpaired) electrons. The van der Waals surface area contributed by atoms with Crippen LogP contribution in [-0.4, -0.2) is 16.7 Å². The van der Waals surface area contributed by atoms with Crippen LogP contribution < -0.4 is 25.9 Å². The van der Waals surface area contributed by atoms with Gasteiger partial charge < -0.3 is 14.5 Å². The van der Waals surface area contributed by atoms with Crippen molar-refractivity contribution in [3.63, 3.8) is 0 Å². The quantitative estimate of drug-likeness (QED) is 0.132. The Balaban J connectivity index is 0.00000325. The van der Waals surface area contributed by atoms with Gasteiger partial charge >= 0.3 is 21.1 Å². The number of thiazole rings is 1. The van der Waals surface area contributed by atoms with Gasteiger partial charge in [-0.05, 0) is 58.0 Å². The molecule has 0 saturated carbocycles. The molecule has 0 unspecified atom stereocenters.